The minimum atomic E-state index is 0.204. The van der Waals surface area contributed by atoms with E-state index in [-0.39, 0.29) is 11.8 Å². The zero-order chi connectivity index (χ0) is 17.4. The van der Waals surface area contributed by atoms with Gasteiger partial charge in [0.15, 0.2) is 11.7 Å². The van der Waals surface area contributed by atoms with E-state index in [0.717, 1.165) is 37.3 Å². The second kappa shape index (κ2) is 9.30. The Hall–Kier alpha value is -2.05. The topological polar surface area (TPSA) is 91.5 Å². The SMILES string of the molecule is CN=C(NCCCNC(=O)C1CCC1)NCc1cc(C(C)C)no1. The number of hydrogen-bond acceptors (Lipinski definition) is 4. The molecule has 1 aromatic rings. The second-order valence-electron chi connectivity index (χ2n) is 6.50. The number of hydrogen-bond donors (Lipinski definition) is 3. The van der Waals surface area contributed by atoms with Gasteiger partial charge in [0.1, 0.15) is 0 Å². The van der Waals surface area contributed by atoms with Crippen molar-refractivity contribution in [2.24, 2.45) is 10.9 Å². The molecular formula is C17H29N5O2. The predicted octanol–water partition coefficient (Wildman–Crippen LogP) is 1.77. The largest absolute Gasteiger partial charge is 0.359 e. The van der Waals surface area contributed by atoms with Gasteiger partial charge in [-0.15, -0.1) is 0 Å². The Morgan fingerprint density at radius 3 is 2.67 bits per heavy atom. The lowest BCUT2D eigenvalue weighted by molar-refractivity contribution is -0.127. The molecule has 2 rings (SSSR count). The van der Waals surface area contributed by atoms with Crippen LogP contribution in [0.1, 0.15) is 56.9 Å². The first-order chi connectivity index (χ1) is 11.6. The summed E-state index contributed by atoms with van der Waals surface area (Å²) >= 11 is 0. The fourth-order valence-electron chi connectivity index (χ4n) is 2.40. The lowest BCUT2D eigenvalue weighted by atomic mass is 9.85. The minimum Gasteiger partial charge on any atom is -0.359 e. The molecule has 0 radical (unpaired) electrons. The minimum absolute atomic E-state index is 0.204. The smallest absolute Gasteiger partial charge is 0.223 e. The lowest BCUT2D eigenvalue weighted by Crippen LogP contribution is -2.39. The molecule has 0 unspecified atom stereocenters. The third kappa shape index (κ3) is 5.54. The summed E-state index contributed by atoms with van der Waals surface area (Å²) < 4.78 is 5.29. The summed E-state index contributed by atoms with van der Waals surface area (Å²) in [5.74, 6) is 2.31. The molecule has 134 valence electrons. The highest BCUT2D eigenvalue weighted by Crippen LogP contribution is 2.25. The van der Waals surface area contributed by atoms with Crippen LogP contribution in [-0.4, -0.2) is 37.2 Å². The fraction of sp³-hybridized carbons (Fsp3) is 0.706. The number of rotatable bonds is 8. The van der Waals surface area contributed by atoms with E-state index in [1.54, 1.807) is 7.05 Å². The van der Waals surface area contributed by atoms with Crippen LogP contribution in [0.4, 0.5) is 0 Å². The molecule has 1 aliphatic rings. The third-order valence-electron chi connectivity index (χ3n) is 4.24. The van der Waals surface area contributed by atoms with Crippen molar-refractivity contribution >= 4 is 11.9 Å². The quantitative estimate of drug-likeness (QED) is 0.383. The van der Waals surface area contributed by atoms with Crippen molar-refractivity contribution in [1.29, 1.82) is 0 Å². The Bertz CT molecular complexity index is 549. The summed E-state index contributed by atoms with van der Waals surface area (Å²) in [7, 11) is 1.73. The van der Waals surface area contributed by atoms with Gasteiger partial charge in [-0.3, -0.25) is 9.79 Å². The fourth-order valence-corrected chi connectivity index (χ4v) is 2.40. The molecule has 1 heterocycles. The molecule has 1 amide bonds. The van der Waals surface area contributed by atoms with Crippen LogP contribution in [-0.2, 0) is 11.3 Å². The van der Waals surface area contributed by atoms with Crippen LogP contribution in [0, 0.1) is 5.92 Å². The Labute approximate surface area is 143 Å². The number of aliphatic imine (C=N–C) groups is 1. The Morgan fingerprint density at radius 1 is 1.33 bits per heavy atom. The molecular weight excluding hydrogens is 306 g/mol. The zero-order valence-corrected chi connectivity index (χ0v) is 14.9. The van der Waals surface area contributed by atoms with E-state index in [9.17, 15) is 4.79 Å². The van der Waals surface area contributed by atoms with E-state index in [1.165, 1.54) is 6.42 Å². The highest BCUT2D eigenvalue weighted by atomic mass is 16.5. The molecule has 1 fully saturated rings. The van der Waals surface area contributed by atoms with Crippen LogP contribution in [0.5, 0.6) is 0 Å². The van der Waals surface area contributed by atoms with Crippen LogP contribution >= 0.6 is 0 Å². The highest BCUT2D eigenvalue weighted by Gasteiger charge is 2.24. The molecule has 0 bridgehead atoms. The summed E-state index contributed by atoms with van der Waals surface area (Å²) in [6.45, 7) is 6.15. The van der Waals surface area contributed by atoms with Crippen molar-refractivity contribution in [1.82, 2.24) is 21.1 Å². The first-order valence-corrected chi connectivity index (χ1v) is 8.78. The second-order valence-corrected chi connectivity index (χ2v) is 6.50. The van der Waals surface area contributed by atoms with Crippen LogP contribution < -0.4 is 16.0 Å². The van der Waals surface area contributed by atoms with Crippen LogP contribution in [0.25, 0.3) is 0 Å². The Kier molecular flexibility index (Phi) is 7.08. The van der Waals surface area contributed by atoms with Crippen molar-refractivity contribution in [3.8, 4) is 0 Å². The summed E-state index contributed by atoms with van der Waals surface area (Å²) in [5, 5.41) is 13.4. The van der Waals surface area contributed by atoms with E-state index >= 15 is 0 Å². The normalized spacial score (nSPS) is 15.2. The van der Waals surface area contributed by atoms with E-state index < -0.39 is 0 Å². The number of aromatic nitrogens is 1. The average molecular weight is 335 g/mol. The van der Waals surface area contributed by atoms with Gasteiger partial charge in [-0.05, 0) is 25.2 Å². The third-order valence-corrected chi connectivity index (χ3v) is 4.24. The number of carbonyl (C=O) groups is 1. The monoisotopic (exact) mass is 335 g/mol. The van der Waals surface area contributed by atoms with Gasteiger partial charge in [0, 0.05) is 32.1 Å². The van der Waals surface area contributed by atoms with Crippen molar-refractivity contribution in [2.45, 2.75) is 52.0 Å². The van der Waals surface area contributed by atoms with Gasteiger partial charge < -0.3 is 20.5 Å². The van der Waals surface area contributed by atoms with Gasteiger partial charge in [-0.1, -0.05) is 25.4 Å². The van der Waals surface area contributed by atoms with Crippen LogP contribution in [0.3, 0.4) is 0 Å². The highest BCUT2D eigenvalue weighted by molar-refractivity contribution is 5.80. The molecule has 7 nitrogen and oxygen atoms in total. The van der Waals surface area contributed by atoms with E-state index in [0.29, 0.717) is 25.0 Å². The summed E-state index contributed by atoms with van der Waals surface area (Å²) in [4.78, 5) is 15.9. The molecule has 0 aliphatic heterocycles. The summed E-state index contributed by atoms with van der Waals surface area (Å²) in [6, 6.07) is 1.96. The maximum atomic E-state index is 11.7. The zero-order valence-electron chi connectivity index (χ0n) is 14.9. The molecule has 0 spiro atoms. The number of amides is 1. The molecule has 1 saturated carbocycles. The van der Waals surface area contributed by atoms with Crippen molar-refractivity contribution < 1.29 is 9.32 Å². The summed E-state index contributed by atoms with van der Waals surface area (Å²) in [6.07, 6.45) is 4.13. The van der Waals surface area contributed by atoms with E-state index in [1.807, 2.05) is 6.07 Å². The number of nitrogens with one attached hydrogen (secondary N) is 3. The van der Waals surface area contributed by atoms with Gasteiger partial charge in [0.05, 0.1) is 12.2 Å². The van der Waals surface area contributed by atoms with E-state index in [2.05, 4.69) is 39.9 Å². The predicted molar refractivity (Wildman–Crippen MR) is 93.8 cm³/mol. The standard InChI is InChI=1S/C17H29N5O2/c1-12(2)15-10-14(24-22-15)11-21-17(18-3)20-9-5-8-19-16(23)13-6-4-7-13/h10,12-13H,4-9,11H2,1-3H3,(H,19,23)(H2,18,20,21). The molecule has 0 saturated heterocycles. The Morgan fingerprint density at radius 2 is 2.08 bits per heavy atom. The van der Waals surface area contributed by atoms with Crippen molar-refractivity contribution in [3.63, 3.8) is 0 Å². The molecule has 0 aromatic carbocycles. The van der Waals surface area contributed by atoms with Gasteiger partial charge in [-0.2, -0.15) is 0 Å². The first kappa shape index (κ1) is 18.3. The molecule has 1 aromatic heterocycles. The summed E-state index contributed by atoms with van der Waals surface area (Å²) in [5.41, 5.74) is 0.956. The van der Waals surface area contributed by atoms with Gasteiger partial charge in [0.2, 0.25) is 5.91 Å². The van der Waals surface area contributed by atoms with Gasteiger partial charge in [-0.25, -0.2) is 0 Å². The molecule has 7 heteroatoms. The van der Waals surface area contributed by atoms with Crippen molar-refractivity contribution in [2.75, 3.05) is 20.1 Å². The first-order valence-electron chi connectivity index (χ1n) is 8.78. The van der Waals surface area contributed by atoms with Crippen LogP contribution in [0.15, 0.2) is 15.6 Å². The lowest BCUT2D eigenvalue weighted by Gasteiger charge is -2.24. The number of carbonyl (C=O) groups excluding carboxylic acids is 1. The number of guanidine groups is 1. The molecule has 24 heavy (non-hydrogen) atoms. The number of nitrogens with zero attached hydrogens (tertiary/aromatic N) is 2. The van der Waals surface area contributed by atoms with Crippen LogP contribution in [0.2, 0.25) is 0 Å². The maximum absolute atomic E-state index is 11.7. The Balaban J connectivity index is 1.58. The van der Waals surface area contributed by atoms with Gasteiger partial charge >= 0.3 is 0 Å². The molecule has 0 atom stereocenters. The average Bonchev–Trinajstić information content (AvgIpc) is 2.97. The van der Waals surface area contributed by atoms with E-state index in [4.69, 9.17) is 4.52 Å². The van der Waals surface area contributed by atoms with Crippen molar-refractivity contribution in [3.05, 3.63) is 17.5 Å². The molecule has 1 aliphatic carbocycles. The maximum Gasteiger partial charge on any atom is 0.223 e. The van der Waals surface area contributed by atoms with Gasteiger partial charge in [0.25, 0.3) is 0 Å². The molecule has 3 N–H and O–H groups in total.